The number of thiophene rings is 2. The van der Waals surface area contributed by atoms with Gasteiger partial charge in [-0.1, -0.05) is 13.8 Å². The molecule has 0 aliphatic carbocycles. The Morgan fingerprint density at radius 1 is 0.880 bits per heavy atom. The lowest BCUT2D eigenvalue weighted by molar-refractivity contribution is 0.0704. The molecule has 4 heterocycles. The normalized spacial score (nSPS) is 22.6. The summed E-state index contributed by atoms with van der Waals surface area (Å²) in [5.41, 5.74) is 0.804. The molecule has 0 spiro atoms. The maximum absolute atomic E-state index is 13.1. The molecular weight excluding hydrogens is 765 g/mol. The molecule has 19 heteroatoms. The second-order valence-electron chi connectivity index (χ2n) is 14.7. The van der Waals surface area contributed by atoms with Gasteiger partial charge in [0.2, 0.25) is 10.0 Å². The molecular formula is C31H54N4O9S6. The zero-order valence-corrected chi connectivity index (χ0v) is 35.8. The van der Waals surface area contributed by atoms with Gasteiger partial charge >= 0.3 is 0 Å². The van der Waals surface area contributed by atoms with Crippen molar-refractivity contribution in [3.05, 3.63) is 23.3 Å². The number of nitrogens with zero attached hydrogens (tertiary/aromatic N) is 3. The molecule has 0 aromatic carbocycles. The number of methoxy groups -OCH3 is 1. The highest BCUT2D eigenvalue weighted by Gasteiger charge is 2.45. The van der Waals surface area contributed by atoms with E-state index in [2.05, 4.69) is 51.3 Å². The number of hydrogen-bond acceptors (Lipinski definition) is 13. The highest BCUT2D eigenvalue weighted by molar-refractivity contribution is 7.96. The number of primary sulfonamides is 1. The topological polar surface area (TPSA) is 182 Å². The van der Waals surface area contributed by atoms with Crippen LogP contribution in [0.4, 0.5) is 0 Å². The van der Waals surface area contributed by atoms with E-state index in [-0.39, 0.29) is 46.5 Å². The molecule has 0 fully saturated rings. The summed E-state index contributed by atoms with van der Waals surface area (Å²) in [4.78, 5) is 4.43. The number of hydrogen-bond donors (Lipinski definition) is 1. The third kappa shape index (κ3) is 9.19. The predicted octanol–water partition coefficient (Wildman–Crippen LogP) is 4.48. The first-order valence-corrected chi connectivity index (χ1v) is 24.5. The summed E-state index contributed by atoms with van der Waals surface area (Å²) in [6, 6.07) is 2.67. The van der Waals surface area contributed by atoms with E-state index in [0.29, 0.717) is 43.7 Å². The first-order valence-electron chi connectivity index (χ1n) is 16.4. The van der Waals surface area contributed by atoms with Crippen LogP contribution in [0.2, 0.25) is 0 Å². The third-order valence-corrected chi connectivity index (χ3v) is 19.6. The smallest absolute Gasteiger partial charge is 0.252 e. The van der Waals surface area contributed by atoms with Crippen molar-refractivity contribution in [3.63, 3.8) is 0 Å². The van der Waals surface area contributed by atoms with Crippen LogP contribution >= 0.6 is 22.7 Å². The van der Waals surface area contributed by atoms with E-state index >= 15 is 0 Å². The van der Waals surface area contributed by atoms with Gasteiger partial charge in [-0.2, -0.15) is 4.31 Å². The zero-order chi connectivity index (χ0) is 38.4. The summed E-state index contributed by atoms with van der Waals surface area (Å²) in [5.74, 6) is 0. The van der Waals surface area contributed by atoms with Crippen molar-refractivity contribution in [2.24, 2.45) is 5.14 Å². The summed E-state index contributed by atoms with van der Waals surface area (Å²) in [7, 11) is -13.1. The van der Waals surface area contributed by atoms with Gasteiger partial charge in [0.15, 0.2) is 19.7 Å². The maximum atomic E-state index is 13.1. The van der Waals surface area contributed by atoms with Crippen molar-refractivity contribution in [1.82, 2.24) is 14.1 Å². The minimum absolute atomic E-state index is 0.0721. The zero-order valence-electron chi connectivity index (χ0n) is 30.9. The Kier molecular flexibility index (Phi) is 13.4. The summed E-state index contributed by atoms with van der Waals surface area (Å²) < 4.78 is 106. The second kappa shape index (κ2) is 15.4. The molecule has 288 valence electrons. The van der Waals surface area contributed by atoms with Crippen LogP contribution in [-0.2, 0) is 44.5 Å². The van der Waals surface area contributed by atoms with Gasteiger partial charge in [0.25, 0.3) is 10.0 Å². The van der Waals surface area contributed by atoms with Gasteiger partial charge in [-0.3, -0.25) is 9.80 Å². The first kappa shape index (κ1) is 43.4. The predicted molar refractivity (Wildman–Crippen MR) is 199 cm³/mol. The van der Waals surface area contributed by atoms with Gasteiger partial charge in [-0.05, 0) is 86.5 Å². The first-order chi connectivity index (χ1) is 22.6. The van der Waals surface area contributed by atoms with Gasteiger partial charge < -0.3 is 4.74 Å². The lowest BCUT2D eigenvalue weighted by Gasteiger charge is -2.44. The van der Waals surface area contributed by atoms with Crippen LogP contribution in [0.15, 0.2) is 29.0 Å². The van der Waals surface area contributed by atoms with E-state index in [9.17, 15) is 33.7 Å². The van der Waals surface area contributed by atoms with E-state index < -0.39 is 45.0 Å². The number of ether oxygens (including phenoxy) is 1. The molecule has 2 aliphatic rings. The quantitative estimate of drug-likeness (QED) is 0.334. The average Bonchev–Trinajstić information content (AvgIpc) is 3.61. The van der Waals surface area contributed by atoms with Crippen LogP contribution in [0.5, 0.6) is 0 Å². The van der Waals surface area contributed by atoms with Crippen LogP contribution < -0.4 is 5.14 Å². The minimum atomic E-state index is -3.98. The van der Waals surface area contributed by atoms with Gasteiger partial charge in [-0.25, -0.2) is 38.8 Å². The van der Waals surface area contributed by atoms with Crippen LogP contribution in [-0.4, -0.2) is 110 Å². The molecule has 0 saturated carbocycles. The SMILES string of the molecule is CCN([C@H]1CN(CCCOC)S(=O)(=O)c2sc(S(N)(=O)=O)cc21)C(C)(C)C.CCN([C@H]1C[C@H](C)S(=O)(=O)c2sc(S(C)(=O)=O)cc21)C(C)(C)C. The van der Waals surface area contributed by atoms with Crippen LogP contribution in [0.25, 0.3) is 0 Å². The van der Waals surface area contributed by atoms with Crippen molar-refractivity contribution < 1.29 is 38.4 Å². The van der Waals surface area contributed by atoms with Crippen LogP contribution in [0.3, 0.4) is 0 Å². The molecule has 2 aromatic rings. The molecule has 2 aromatic heterocycles. The fraction of sp³-hybridized carbons (Fsp3) is 0.742. The number of fused-ring (bicyclic) bond motifs is 2. The Hall–Kier alpha value is -1.00. The summed E-state index contributed by atoms with van der Waals surface area (Å²) in [6.07, 6.45) is 2.17. The summed E-state index contributed by atoms with van der Waals surface area (Å²) in [6.45, 7) is 20.7. The van der Waals surface area contributed by atoms with Crippen molar-refractivity contribution >= 4 is 62.4 Å². The van der Waals surface area contributed by atoms with Gasteiger partial charge in [0, 0.05) is 61.3 Å². The van der Waals surface area contributed by atoms with Gasteiger partial charge in [-0.15, -0.1) is 22.7 Å². The van der Waals surface area contributed by atoms with Gasteiger partial charge in [0.1, 0.15) is 16.8 Å². The van der Waals surface area contributed by atoms with E-state index in [0.717, 1.165) is 35.5 Å². The molecule has 0 amide bonds. The number of sulfone groups is 2. The lowest BCUT2D eigenvalue weighted by atomic mass is 9.96. The van der Waals surface area contributed by atoms with Crippen LogP contribution in [0, 0.1) is 0 Å². The summed E-state index contributed by atoms with van der Waals surface area (Å²) >= 11 is 1.63. The molecule has 2 aliphatic heterocycles. The van der Waals surface area contributed by atoms with E-state index in [1.54, 1.807) is 20.1 Å². The Labute approximate surface area is 308 Å². The van der Waals surface area contributed by atoms with Gasteiger partial charge in [0.05, 0.1) is 11.3 Å². The fourth-order valence-electron chi connectivity index (χ4n) is 6.68. The Morgan fingerprint density at radius 2 is 1.36 bits per heavy atom. The molecule has 0 saturated heterocycles. The van der Waals surface area contributed by atoms with Crippen LogP contribution in [0.1, 0.15) is 98.4 Å². The number of rotatable bonds is 10. The number of sulfonamides is 2. The fourth-order valence-corrected chi connectivity index (χ4v) is 15.6. The lowest BCUT2D eigenvalue weighted by Crippen LogP contribution is -2.51. The maximum Gasteiger partial charge on any atom is 0.252 e. The molecule has 0 bridgehead atoms. The Morgan fingerprint density at radius 3 is 1.82 bits per heavy atom. The Balaban J connectivity index is 0.000000274. The molecule has 3 atom stereocenters. The number of nitrogens with two attached hydrogens (primary N) is 1. The van der Waals surface area contributed by atoms with Crippen molar-refractivity contribution in [2.45, 2.75) is 120 Å². The van der Waals surface area contributed by atoms with Crippen molar-refractivity contribution in [2.75, 3.05) is 46.2 Å². The molecule has 13 nitrogen and oxygen atoms in total. The molecule has 50 heavy (non-hydrogen) atoms. The highest BCUT2D eigenvalue weighted by Crippen LogP contribution is 2.47. The highest BCUT2D eigenvalue weighted by atomic mass is 32.3. The molecule has 0 unspecified atom stereocenters. The number of likely N-dealkylation sites (N-methyl/N-ethyl adjacent to an activating group) is 1. The minimum Gasteiger partial charge on any atom is -0.385 e. The van der Waals surface area contributed by atoms with Crippen molar-refractivity contribution in [1.29, 1.82) is 0 Å². The largest absolute Gasteiger partial charge is 0.385 e. The molecule has 4 rings (SSSR count). The molecule has 2 N–H and O–H groups in total. The second-order valence-corrected chi connectivity index (χ2v) is 25.5. The average molecular weight is 819 g/mol. The summed E-state index contributed by atoms with van der Waals surface area (Å²) in [5, 5.41) is 4.76. The van der Waals surface area contributed by atoms with Crippen molar-refractivity contribution in [3.8, 4) is 0 Å². The monoisotopic (exact) mass is 818 g/mol. The van der Waals surface area contributed by atoms with E-state index in [4.69, 9.17) is 9.88 Å². The molecule has 0 radical (unpaired) electrons. The standard InChI is InChI=1S/C16H29N3O5S3.C15H25NO4S3/c1-6-19(16(2,3)4)13-11-18(8-7-9-24-5)27(22,23)15-12(13)10-14(25-15)26(17,20)21;1-7-16(15(3,4)5)12-8-10(2)23(19,20)14-11(12)9-13(21-14)22(6,17)18/h10,13H,6-9,11H2,1-5H3,(H2,17,20,21);9-10,12H,7-8H2,1-6H3/t13-;10-,12-/m00/s1. The third-order valence-electron chi connectivity index (χ3n) is 8.98. The van der Waals surface area contributed by atoms with E-state index in [1.807, 2.05) is 13.8 Å². The Bertz CT molecular complexity index is 1960. The van der Waals surface area contributed by atoms with E-state index in [1.165, 1.54) is 10.4 Å².